The SMILES string of the molecule is CCC(C)(C)C1CCC(C#N)C(n2cc(C)cn2)C1. The lowest BCUT2D eigenvalue weighted by molar-refractivity contribution is 0.0992. The summed E-state index contributed by atoms with van der Waals surface area (Å²) in [5.41, 5.74) is 1.54. The lowest BCUT2D eigenvalue weighted by Gasteiger charge is -2.41. The molecular weight excluding hydrogens is 234 g/mol. The van der Waals surface area contributed by atoms with Crippen LogP contribution in [0.2, 0.25) is 0 Å². The standard InChI is InChI=1S/C16H25N3/c1-5-16(3,4)14-7-6-13(9-17)15(8-14)19-11-12(2)10-18-19/h10-11,13-15H,5-8H2,1-4H3. The summed E-state index contributed by atoms with van der Waals surface area (Å²) in [5.74, 6) is 0.805. The second-order valence-corrected chi connectivity index (χ2v) is 6.65. The summed E-state index contributed by atoms with van der Waals surface area (Å²) in [7, 11) is 0. The monoisotopic (exact) mass is 259 g/mol. The van der Waals surface area contributed by atoms with Crippen LogP contribution in [0.5, 0.6) is 0 Å². The molecule has 1 aromatic heterocycles. The molecule has 1 aliphatic carbocycles. The first-order chi connectivity index (χ1) is 8.97. The largest absolute Gasteiger partial charge is 0.268 e. The van der Waals surface area contributed by atoms with Gasteiger partial charge in [-0.15, -0.1) is 0 Å². The van der Waals surface area contributed by atoms with Gasteiger partial charge in [-0.25, -0.2) is 0 Å². The van der Waals surface area contributed by atoms with E-state index in [1.807, 2.05) is 10.9 Å². The lowest BCUT2D eigenvalue weighted by atomic mass is 9.66. The zero-order chi connectivity index (χ0) is 14.0. The molecule has 0 spiro atoms. The predicted molar refractivity (Wildman–Crippen MR) is 76.5 cm³/mol. The Hall–Kier alpha value is -1.30. The van der Waals surface area contributed by atoms with Crippen molar-refractivity contribution < 1.29 is 0 Å². The van der Waals surface area contributed by atoms with Crippen molar-refractivity contribution in [3.8, 4) is 6.07 Å². The molecule has 3 atom stereocenters. The summed E-state index contributed by atoms with van der Waals surface area (Å²) in [5, 5.41) is 13.8. The zero-order valence-corrected chi connectivity index (χ0v) is 12.6. The van der Waals surface area contributed by atoms with E-state index in [9.17, 15) is 5.26 Å². The Bertz CT molecular complexity index is 467. The number of rotatable bonds is 3. The summed E-state index contributed by atoms with van der Waals surface area (Å²) >= 11 is 0. The number of aryl methyl sites for hydroxylation is 1. The molecule has 2 rings (SSSR count). The van der Waals surface area contributed by atoms with Crippen molar-refractivity contribution in [1.29, 1.82) is 5.26 Å². The third-order valence-corrected chi connectivity index (χ3v) is 5.07. The van der Waals surface area contributed by atoms with E-state index in [1.165, 1.54) is 18.4 Å². The summed E-state index contributed by atoms with van der Waals surface area (Å²) in [6, 6.07) is 2.74. The second-order valence-electron chi connectivity index (χ2n) is 6.65. The van der Waals surface area contributed by atoms with Gasteiger partial charge in [-0.3, -0.25) is 4.68 Å². The van der Waals surface area contributed by atoms with Crippen molar-refractivity contribution in [1.82, 2.24) is 9.78 Å². The normalized spacial score (nSPS) is 28.1. The molecule has 0 N–H and O–H groups in total. The van der Waals surface area contributed by atoms with E-state index in [0.29, 0.717) is 11.3 Å². The highest BCUT2D eigenvalue weighted by Gasteiger charge is 2.38. The molecule has 3 heteroatoms. The second kappa shape index (κ2) is 5.36. The molecular formula is C16H25N3. The van der Waals surface area contributed by atoms with Gasteiger partial charge in [0.2, 0.25) is 0 Å². The molecule has 1 aliphatic rings. The summed E-state index contributed by atoms with van der Waals surface area (Å²) < 4.78 is 2.03. The summed E-state index contributed by atoms with van der Waals surface area (Å²) in [6.45, 7) is 9.04. The van der Waals surface area contributed by atoms with Crippen LogP contribution in [-0.2, 0) is 0 Å². The van der Waals surface area contributed by atoms with E-state index in [-0.39, 0.29) is 12.0 Å². The number of aromatic nitrogens is 2. The van der Waals surface area contributed by atoms with E-state index in [0.717, 1.165) is 12.8 Å². The van der Waals surface area contributed by atoms with Gasteiger partial charge >= 0.3 is 0 Å². The molecule has 104 valence electrons. The van der Waals surface area contributed by atoms with Crippen molar-refractivity contribution in [2.75, 3.05) is 0 Å². The Morgan fingerprint density at radius 1 is 1.47 bits per heavy atom. The van der Waals surface area contributed by atoms with Gasteiger partial charge in [0.15, 0.2) is 0 Å². The molecule has 0 aromatic carbocycles. The average molecular weight is 259 g/mol. The van der Waals surface area contributed by atoms with Gasteiger partial charge < -0.3 is 0 Å². The molecule has 1 aromatic rings. The van der Waals surface area contributed by atoms with Gasteiger partial charge in [0.1, 0.15) is 0 Å². The highest BCUT2D eigenvalue weighted by atomic mass is 15.3. The molecule has 19 heavy (non-hydrogen) atoms. The Morgan fingerprint density at radius 2 is 2.21 bits per heavy atom. The van der Waals surface area contributed by atoms with Crippen LogP contribution >= 0.6 is 0 Å². The van der Waals surface area contributed by atoms with Crippen molar-refractivity contribution >= 4 is 0 Å². The molecule has 0 bridgehead atoms. The average Bonchev–Trinajstić information content (AvgIpc) is 2.84. The van der Waals surface area contributed by atoms with Crippen molar-refractivity contribution in [3.05, 3.63) is 18.0 Å². The van der Waals surface area contributed by atoms with E-state index < -0.39 is 0 Å². The third-order valence-electron chi connectivity index (χ3n) is 5.07. The van der Waals surface area contributed by atoms with E-state index in [4.69, 9.17) is 0 Å². The number of nitrogens with zero attached hydrogens (tertiary/aromatic N) is 3. The first kappa shape index (κ1) is 14.1. The fourth-order valence-electron chi connectivity index (χ4n) is 3.20. The van der Waals surface area contributed by atoms with Crippen LogP contribution in [0.3, 0.4) is 0 Å². The smallest absolute Gasteiger partial charge is 0.0688 e. The van der Waals surface area contributed by atoms with E-state index in [1.54, 1.807) is 0 Å². The maximum Gasteiger partial charge on any atom is 0.0688 e. The number of nitriles is 1. The zero-order valence-electron chi connectivity index (χ0n) is 12.6. The van der Waals surface area contributed by atoms with Gasteiger partial charge in [-0.1, -0.05) is 27.2 Å². The Balaban J connectivity index is 2.21. The van der Waals surface area contributed by atoms with Gasteiger partial charge in [-0.2, -0.15) is 10.4 Å². The highest BCUT2D eigenvalue weighted by Crippen LogP contribution is 2.45. The molecule has 0 aliphatic heterocycles. The number of hydrogen-bond acceptors (Lipinski definition) is 2. The molecule has 0 radical (unpaired) electrons. The van der Waals surface area contributed by atoms with Crippen LogP contribution in [0.1, 0.15) is 58.1 Å². The fourth-order valence-corrected chi connectivity index (χ4v) is 3.20. The minimum atomic E-state index is 0.114. The van der Waals surface area contributed by atoms with Crippen LogP contribution in [0.4, 0.5) is 0 Å². The van der Waals surface area contributed by atoms with Crippen LogP contribution in [0.15, 0.2) is 12.4 Å². The summed E-state index contributed by atoms with van der Waals surface area (Å²) in [6.07, 6.45) is 8.43. The van der Waals surface area contributed by atoms with Gasteiger partial charge in [-0.05, 0) is 43.1 Å². The van der Waals surface area contributed by atoms with Crippen molar-refractivity contribution in [2.45, 2.75) is 59.4 Å². The van der Waals surface area contributed by atoms with Crippen LogP contribution in [-0.4, -0.2) is 9.78 Å². The highest BCUT2D eigenvalue weighted by molar-refractivity contribution is 5.04. The Labute approximate surface area is 116 Å². The minimum absolute atomic E-state index is 0.114. The van der Waals surface area contributed by atoms with Crippen LogP contribution in [0, 0.1) is 35.5 Å². The van der Waals surface area contributed by atoms with Crippen molar-refractivity contribution in [2.24, 2.45) is 17.3 Å². The van der Waals surface area contributed by atoms with E-state index >= 15 is 0 Å². The maximum absolute atomic E-state index is 9.38. The quantitative estimate of drug-likeness (QED) is 0.819. The van der Waals surface area contributed by atoms with Gasteiger partial charge in [0.25, 0.3) is 0 Å². The first-order valence-electron chi connectivity index (χ1n) is 7.38. The Morgan fingerprint density at radius 3 is 2.74 bits per heavy atom. The molecule has 3 nitrogen and oxygen atoms in total. The van der Waals surface area contributed by atoms with Crippen LogP contribution < -0.4 is 0 Å². The molecule has 0 saturated heterocycles. The van der Waals surface area contributed by atoms with E-state index in [2.05, 4.69) is 45.1 Å². The molecule has 1 saturated carbocycles. The molecule has 3 unspecified atom stereocenters. The topological polar surface area (TPSA) is 41.6 Å². The number of hydrogen-bond donors (Lipinski definition) is 0. The van der Waals surface area contributed by atoms with Crippen LogP contribution in [0.25, 0.3) is 0 Å². The fraction of sp³-hybridized carbons (Fsp3) is 0.750. The minimum Gasteiger partial charge on any atom is -0.268 e. The van der Waals surface area contributed by atoms with Crippen molar-refractivity contribution in [3.63, 3.8) is 0 Å². The third kappa shape index (κ3) is 2.83. The first-order valence-corrected chi connectivity index (χ1v) is 7.38. The van der Waals surface area contributed by atoms with Gasteiger partial charge in [0, 0.05) is 6.20 Å². The van der Waals surface area contributed by atoms with Gasteiger partial charge in [0.05, 0.1) is 24.2 Å². The predicted octanol–water partition coefficient (Wildman–Crippen LogP) is 4.11. The lowest BCUT2D eigenvalue weighted by Crippen LogP contribution is -2.34. The summed E-state index contributed by atoms with van der Waals surface area (Å²) in [4.78, 5) is 0. The molecule has 1 fully saturated rings. The Kier molecular flexibility index (Phi) is 3.99. The molecule has 1 heterocycles. The maximum atomic E-state index is 9.38. The molecule has 0 amide bonds.